The minimum Gasteiger partial charge on any atom is -0.355 e. The maximum atomic E-state index is 13.7. The number of hydrogen-bond donors (Lipinski definition) is 2. The molecule has 12 heteroatoms. The fourth-order valence-corrected chi connectivity index (χ4v) is 5.53. The summed E-state index contributed by atoms with van der Waals surface area (Å²) in [5, 5.41) is 11.0. The van der Waals surface area contributed by atoms with Crippen molar-refractivity contribution in [2.75, 3.05) is 43.4 Å². The summed E-state index contributed by atoms with van der Waals surface area (Å²) >= 11 is 1.17. The van der Waals surface area contributed by atoms with Gasteiger partial charge < -0.3 is 25.0 Å². The zero-order valence-electron chi connectivity index (χ0n) is 21.4. The van der Waals surface area contributed by atoms with Crippen LogP contribution in [0.3, 0.4) is 0 Å². The number of anilines is 1. The van der Waals surface area contributed by atoms with Crippen molar-refractivity contribution in [1.82, 2.24) is 24.8 Å². The van der Waals surface area contributed by atoms with Crippen LogP contribution in [0.15, 0.2) is 17.4 Å². The molecule has 0 aliphatic carbocycles. The highest BCUT2D eigenvalue weighted by atomic mass is 32.2. The summed E-state index contributed by atoms with van der Waals surface area (Å²) in [5.41, 5.74) is 8.82. The fourth-order valence-electron chi connectivity index (χ4n) is 5.03. The number of nitrogens with one attached hydrogen (secondary N) is 1. The first-order chi connectivity index (χ1) is 17.4. The zero-order chi connectivity index (χ0) is 25.7. The maximum Gasteiger partial charge on any atom is 0.242 e. The third-order valence-electron chi connectivity index (χ3n) is 6.69. The van der Waals surface area contributed by atoms with Gasteiger partial charge in [-0.3, -0.25) is 4.79 Å². The molecule has 2 fully saturated rings. The van der Waals surface area contributed by atoms with E-state index in [4.69, 9.17) is 20.0 Å². The number of likely N-dealkylation sites (tertiary alicyclic amines) is 1. The number of carbonyl (C=O) groups excluding carboxylic acids is 1. The van der Waals surface area contributed by atoms with Crippen molar-refractivity contribution in [3.05, 3.63) is 28.4 Å². The molecule has 0 bridgehead atoms. The van der Waals surface area contributed by atoms with Crippen molar-refractivity contribution in [2.45, 2.75) is 70.6 Å². The van der Waals surface area contributed by atoms with Gasteiger partial charge in [0, 0.05) is 55.3 Å². The monoisotopic (exact) mass is 518 g/mol. The van der Waals surface area contributed by atoms with E-state index in [1.807, 2.05) is 35.5 Å². The Labute approximate surface area is 216 Å². The van der Waals surface area contributed by atoms with Crippen molar-refractivity contribution in [3.63, 3.8) is 0 Å². The molecule has 1 unspecified atom stereocenters. The molecular formula is C24H38N8O3S. The minimum atomic E-state index is -0.481. The van der Waals surface area contributed by atoms with Gasteiger partial charge in [-0.2, -0.15) is 10.0 Å². The number of rotatable bonds is 11. The lowest BCUT2D eigenvalue weighted by atomic mass is 9.98. The van der Waals surface area contributed by atoms with Crippen molar-refractivity contribution >= 4 is 29.4 Å². The Morgan fingerprint density at radius 1 is 1.33 bits per heavy atom. The van der Waals surface area contributed by atoms with Crippen LogP contribution in [-0.4, -0.2) is 82.1 Å². The van der Waals surface area contributed by atoms with Crippen LogP contribution in [0.2, 0.25) is 0 Å². The Morgan fingerprint density at radius 3 is 2.89 bits per heavy atom. The number of nitrogens with zero attached hydrogens (tertiary/aromatic N) is 6. The maximum absolute atomic E-state index is 13.7. The number of piperidine rings is 1. The molecule has 4 heterocycles. The van der Waals surface area contributed by atoms with Gasteiger partial charge in [-0.25, -0.2) is 9.50 Å². The molecule has 2 aromatic heterocycles. The molecule has 0 saturated carbocycles. The molecule has 3 N–H and O–H groups in total. The molecule has 1 amide bonds. The van der Waals surface area contributed by atoms with Gasteiger partial charge >= 0.3 is 0 Å². The second-order valence-electron chi connectivity index (χ2n) is 9.99. The van der Waals surface area contributed by atoms with E-state index in [0.29, 0.717) is 12.3 Å². The van der Waals surface area contributed by atoms with Gasteiger partial charge in [-0.05, 0) is 44.6 Å². The molecule has 11 nitrogen and oxygen atoms in total. The largest absolute Gasteiger partial charge is 0.355 e. The number of nitrogens with two attached hydrogens (primary N) is 1. The number of nitroso groups, excluding NO2 is 1. The lowest BCUT2D eigenvalue weighted by molar-refractivity contribution is -0.138. The highest BCUT2D eigenvalue weighted by molar-refractivity contribution is 7.94. The molecule has 2 aromatic rings. The van der Waals surface area contributed by atoms with Crippen LogP contribution in [0, 0.1) is 11.8 Å². The summed E-state index contributed by atoms with van der Waals surface area (Å²) in [5.74, 6) is 1.44. The molecule has 0 aromatic carbocycles. The molecule has 3 atom stereocenters. The summed E-state index contributed by atoms with van der Waals surface area (Å²) in [6, 6.07) is 1.72. The standard InChI is InChI=1S/C24H38N8O3S/c1-16(2)27-20(15-35-36-11-8-26-34)24(33)31-9-5-4-6-21(31)19-12-22-28-23(17(3)13-32(22)29-19)30-10-7-18(25)14-30/h12-13,16,18,20-21,27H,4-11,14-15,25H2,1-3H3/t18-,20?,21-/m0/s1. The number of fused-ring (bicyclic) bond motifs is 1. The molecule has 2 saturated heterocycles. The number of amides is 1. The van der Waals surface area contributed by atoms with E-state index in [9.17, 15) is 9.70 Å². The molecule has 36 heavy (non-hydrogen) atoms. The summed E-state index contributed by atoms with van der Waals surface area (Å²) < 4.78 is 7.47. The highest BCUT2D eigenvalue weighted by Crippen LogP contribution is 2.32. The minimum absolute atomic E-state index is 0.00968. The van der Waals surface area contributed by atoms with E-state index in [0.717, 1.165) is 61.5 Å². The summed E-state index contributed by atoms with van der Waals surface area (Å²) in [7, 11) is 0. The van der Waals surface area contributed by atoms with Gasteiger partial charge in [0.1, 0.15) is 11.9 Å². The van der Waals surface area contributed by atoms with Crippen molar-refractivity contribution in [2.24, 2.45) is 10.9 Å². The molecule has 4 rings (SSSR count). The van der Waals surface area contributed by atoms with Crippen LogP contribution >= 0.6 is 12.0 Å². The SMILES string of the molecule is Cc1cn2nc([C@@H]3CCCCN3C(=O)C(COSCCN=O)NC(C)C)cc2nc1N1CC[C@H](N)C1. The predicted molar refractivity (Wildman–Crippen MR) is 142 cm³/mol. The third kappa shape index (κ3) is 6.34. The number of aryl methyl sites for hydroxylation is 1. The second kappa shape index (κ2) is 12.3. The highest BCUT2D eigenvalue weighted by Gasteiger charge is 2.34. The molecule has 198 valence electrons. The van der Waals surface area contributed by atoms with Gasteiger partial charge in [0.2, 0.25) is 5.91 Å². The number of carbonyl (C=O) groups is 1. The van der Waals surface area contributed by atoms with E-state index in [1.54, 1.807) is 0 Å². The van der Waals surface area contributed by atoms with Crippen LogP contribution in [0.5, 0.6) is 0 Å². The quantitative estimate of drug-likeness (QED) is 0.262. The van der Waals surface area contributed by atoms with Gasteiger partial charge in [-0.15, -0.1) is 0 Å². The molecule has 2 aliphatic heterocycles. The Bertz CT molecular complexity index is 1050. The number of hydrogen-bond acceptors (Lipinski definition) is 10. The normalized spacial score (nSPS) is 21.5. The molecular weight excluding hydrogens is 480 g/mol. The molecule has 0 spiro atoms. The molecule has 0 radical (unpaired) electrons. The van der Waals surface area contributed by atoms with E-state index in [1.165, 1.54) is 12.0 Å². The van der Waals surface area contributed by atoms with Crippen LogP contribution in [0.1, 0.15) is 56.8 Å². The van der Waals surface area contributed by atoms with Crippen LogP contribution in [0.4, 0.5) is 5.82 Å². The lowest BCUT2D eigenvalue weighted by Crippen LogP contribution is -2.52. The van der Waals surface area contributed by atoms with Crippen molar-refractivity contribution in [3.8, 4) is 0 Å². The first kappa shape index (κ1) is 26.8. The van der Waals surface area contributed by atoms with Crippen LogP contribution in [0.25, 0.3) is 5.65 Å². The Balaban J connectivity index is 1.53. The Hall–Kier alpha value is -2.28. The van der Waals surface area contributed by atoms with Crippen LogP contribution in [-0.2, 0) is 8.98 Å². The molecule has 2 aliphatic rings. The average molecular weight is 519 g/mol. The number of aromatic nitrogens is 3. The Kier molecular flexibility index (Phi) is 9.15. The van der Waals surface area contributed by atoms with Gasteiger partial charge in [0.15, 0.2) is 5.65 Å². The Morgan fingerprint density at radius 2 is 2.17 bits per heavy atom. The van der Waals surface area contributed by atoms with E-state index >= 15 is 0 Å². The zero-order valence-corrected chi connectivity index (χ0v) is 22.2. The summed E-state index contributed by atoms with van der Waals surface area (Å²) in [6.07, 6.45) is 5.85. The van der Waals surface area contributed by atoms with Crippen molar-refractivity contribution in [1.29, 1.82) is 0 Å². The van der Waals surface area contributed by atoms with Crippen LogP contribution < -0.4 is 16.0 Å². The smallest absolute Gasteiger partial charge is 0.242 e. The van der Waals surface area contributed by atoms with E-state index in [2.05, 4.69) is 22.3 Å². The predicted octanol–water partition coefficient (Wildman–Crippen LogP) is 2.43. The lowest BCUT2D eigenvalue weighted by Gasteiger charge is -2.37. The third-order valence-corrected chi connectivity index (χ3v) is 7.34. The van der Waals surface area contributed by atoms with E-state index in [-0.39, 0.29) is 37.2 Å². The first-order valence-electron chi connectivity index (χ1n) is 12.8. The second-order valence-corrected chi connectivity index (χ2v) is 10.9. The topological polar surface area (TPSA) is 130 Å². The summed E-state index contributed by atoms with van der Waals surface area (Å²) in [6.45, 7) is 8.88. The van der Waals surface area contributed by atoms with Crippen molar-refractivity contribution < 1.29 is 8.98 Å². The average Bonchev–Trinajstić information content (AvgIpc) is 3.47. The fraction of sp³-hybridized carbons (Fsp3) is 0.708. The van der Waals surface area contributed by atoms with Gasteiger partial charge in [0.25, 0.3) is 0 Å². The summed E-state index contributed by atoms with van der Waals surface area (Å²) in [4.78, 5) is 33.1. The first-order valence-corrected chi connectivity index (χ1v) is 13.8. The van der Waals surface area contributed by atoms with Gasteiger partial charge in [-0.1, -0.05) is 19.0 Å². The van der Waals surface area contributed by atoms with E-state index < -0.39 is 6.04 Å². The van der Waals surface area contributed by atoms with Gasteiger partial charge in [0.05, 0.1) is 24.9 Å².